The number of nitrogens with one attached hydrogen (secondary N) is 2. The van der Waals surface area contributed by atoms with Gasteiger partial charge in [0.1, 0.15) is 11.5 Å². The second-order valence-corrected chi connectivity index (χ2v) is 5.03. The summed E-state index contributed by atoms with van der Waals surface area (Å²) in [6.45, 7) is 3.09. The lowest BCUT2D eigenvalue weighted by molar-refractivity contribution is 0.718. The first-order chi connectivity index (χ1) is 9.29. The molecule has 1 aliphatic heterocycles. The number of nitrogens with zero attached hydrogens (tertiary/aromatic N) is 2. The molecule has 1 aromatic carbocycles. The zero-order chi connectivity index (χ0) is 13.2. The number of aromatic nitrogens is 2. The molecule has 2 aromatic rings. The number of benzene rings is 1. The fraction of sp³-hybridized carbons (Fsp3) is 0.400. The average molecular weight is 256 g/mol. The zero-order valence-electron chi connectivity index (χ0n) is 11.5. The second kappa shape index (κ2) is 4.96. The maximum absolute atomic E-state index is 4.60. The molecule has 19 heavy (non-hydrogen) atoms. The Morgan fingerprint density at radius 1 is 1.32 bits per heavy atom. The van der Waals surface area contributed by atoms with E-state index >= 15 is 0 Å². The normalized spacial score (nSPS) is 17.5. The molecule has 4 heteroatoms. The molecule has 0 spiro atoms. The third kappa shape index (κ3) is 2.18. The van der Waals surface area contributed by atoms with Crippen molar-refractivity contribution in [1.29, 1.82) is 0 Å². The van der Waals surface area contributed by atoms with E-state index in [9.17, 15) is 0 Å². The monoisotopic (exact) mass is 256 g/mol. The van der Waals surface area contributed by atoms with Crippen molar-refractivity contribution in [2.75, 3.05) is 17.2 Å². The SMILES string of the molecule is CCCc1nn(C)c2c1NCC(c1ccccc1)N2. The van der Waals surface area contributed by atoms with Crippen LogP contribution in [0.25, 0.3) is 0 Å². The van der Waals surface area contributed by atoms with Gasteiger partial charge in [-0.2, -0.15) is 5.10 Å². The minimum Gasteiger partial charge on any atom is -0.378 e. The molecule has 0 amide bonds. The highest BCUT2D eigenvalue weighted by atomic mass is 15.3. The van der Waals surface area contributed by atoms with E-state index in [0.717, 1.165) is 25.2 Å². The first-order valence-corrected chi connectivity index (χ1v) is 6.90. The van der Waals surface area contributed by atoms with Crippen molar-refractivity contribution >= 4 is 11.5 Å². The van der Waals surface area contributed by atoms with Crippen LogP contribution >= 0.6 is 0 Å². The van der Waals surface area contributed by atoms with Gasteiger partial charge in [-0.25, -0.2) is 0 Å². The van der Waals surface area contributed by atoms with Gasteiger partial charge in [0.15, 0.2) is 0 Å². The van der Waals surface area contributed by atoms with E-state index in [1.807, 2.05) is 11.7 Å². The lowest BCUT2D eigenvalue weighted by atomic mass is 10.0. The molecule has 0 aliphatic carbocycles. The Morgan fingerprint density at radius 3 is 2.84 bits per heavy atom. The summed E-state index contributed by atoms with van der Waals surface area (Å²) in [6.07, 6.45) is 2.14. The summed E-state index contributed by atoms with van der Waals surface area (Å²) in [5.41, 5.74) is 3.65. The average Bonchev–Trinajstić information content (AvgIpc) is 2.77. The van der Waals surface area contributed by atoms with Crippen LogP contribution in [-0.4, -0.2) is 16.3 Å². The predicted molar refractivity (Wildman–Crippen MR) is 78.5 cm³/mol. The van der Waals surface area contributed by atoms with Gasteiger partial charge < -0.3 is 10.6 Å². The van der Waals surface area contributed by atoms with Gasteiger partial charge in [0.25, 0.3) is 0 Å². The van der Waals surface area contributed by atoms with Crippen LogP contribution in [0.1, 0.15) is 30.6 Å². The Morgan fingerprint density at radius 2 is 2.11 bits per heavy atom. The minimum atomic E-state index is 0.304. The zero-order valence-corrected chi connectivity index (χ0v) is 11.5. The maximum atomic E-state index is 4.60. The van der Waals surface area contributed by atoms with E-state index in [0.29, 0.717) is 6.04 Å². The molecule has 0 radical (unpaired) electrons. The predicted octanol–water partition coefficient (Wildman–Crippen LogP) is 2.95. The Balaban J connectivity index is 1.88. The largest absolute Gasteiger partial charge is 0.378 e. The van der Waals surface area contributed by atoms with E-state index in [-0.39, 0.29) is 0 Å². The summed E-state index contributed by atoms with van der Waals surface area (Å²) < 4.78 is 1.95. The standard InChI is InChI=1S/C15H20N4/c1-3-7-12-14-15(19(2)18-12)17-13(10-16-14)11-8-5-4-6-9-11/h4-6,8-9,13,16-17H,3,7,10H2,1-2H3. The number of anilines is 2. The van der Waals surface area contributed by atoms with Gasteiger partial charge in [-0.15, -0.1) is 0 Å². The number of hydrogen-bond acceptors (Lipinski definition) is 3. The Hall–Kier alpha value is -1.97. The van der Waals surface area contributed by atoms with Crippen molar-refractivity contribution in [1.82, 2.24) is 9.78 Å². The van der Waals surface area contributed by atoms with Gasteiger partial charge >= 0.3 is 0 Å². The summed E-state index contributed by atoms with van der Waals surface area (Å²) in [6, 6.07) is 10.8. The van der Waals surface area contributed by atoms with Crippen LogP contribution < -0.4 is 10.6 Å². The van der Waals surface area contributed by atoms with Crippen LogP contribution in [0, 0.1) is 0 Å². The van der Waals surface area contributed by atoms with Crippen LogP contribution in [0.2, 0.25) is 0 Å². The molecule has 100 valence electrons. The number of hydrogen-bond donors (Lipinski definition) is 2. The molecule has 2 heterocycles. The number of aryl methyl sites for hydroxylation is 2. The Bertz CT molecular complexity index is 559. The van der Waals surface area contributed by atoms with Crippen molar-refractivity contribution in [2.45, 2.75) is 25.8 Å². The summed E-state index contributed by atoms with van der Waals surface area (Å²) in [7, 11) is 2.00. The minimum absolute atomic E-state index is 0.304. The van der Waals surface area contributed by atoms with E-state index in [1.165, 1.54) is 16.9 Å². The topological polar surface area (TPSA) is 41.9 Å². The van der Waals surface area contributed by atoms with Crippen molar-refractivity contribution in [3.8, 4) is 0 Å². The van der Waals surface area contributed by atoms with Crippen molar-refractivity contribution < 1.29 is 0 Å². The van der Waals surface area contributed by atoms with E-state index in [2.05, 4.69) is 53.0 Å². The lowest BCUT2D eigenvalue weighted by Gasteiger charge is -2.27. The van der Waals surface area contributed by atoms with Crippen molar-refractivity contribution in [3.63, 3.8) is 0 Å². The third-order valence-electron chi connectivity index (χ3n) is 3.60. The van der Waals surface area contributed by atoms with Crippen LogP contribution in [0.3, 0.4) is 0 Å². The highest BCUT2D eigenvalue weighted by molar-refractivity contribution is 5.71. The highest BCUT2D eigenvalue weighted by Crippen LogP contribution is 2.34. The molecule has 0 bridgehead atoms. The Kier molecular flexibility index (Phi) is 3.15. The van der Waals surface area contributed by atoms with Crippen LogP contribution in [0.4, 0.5) is 11.5 Å². The first-order valence-electron chi connectivity index (χ1n) is 6.90. The van der Waals surface area contributed by atoms with E-state index in [1.54, 1.807) is 0 Å². The quantitative estimate of drug-likeness (QED) is 0.887. The summed E-state index contributed by atoms with van der Waals surface area (Å²) in [4.78, 5) is 0. The second-order valence-electron chi connectivity index (χ2n) is 5.03. The van der Waals surface area contributed by atoms with Gasteiger partial charge in [-0.1, -0.05) is 43.7 Å². The fourth-order valence-corrected chi connectivity index (χ4v) is 2.65. The van der Waals surface area contributed by atoms with E-state index in [4.69, 9.17) is 0 Å². The lowest BCUT2D eigenvalue weighted by Crippen LogP contribution is -2.26. The molecule has 1 aromatic heterocycles. The molecule has 3 rings (SSSR count). The molecule has 0 fully saturated rings. The third-order valence-corrected chi connectivity index (χ3v) is 3.60. The number of rotatable bonds is 3. The molecule has 1 atom stereocenters. The maximum Gasteiger partial charge on any atom is 0.148 e. The molecule has 0 saturated heterocycles. The molecular weight excluding hydrogens is 236 g/mol. The molecule has 2 N–H and O–H groups in total. The van der Waals surface area contributed by atoms with Gasteiger partial charge in [0, 0.05) is 13.6 Å². The first kappa shape index (κ1) is 12.1. The summed E-state index contributed by atoms with van der Waals surface area (Å²) in [5, 5.41) is 11.7. The van der Waals surface area contributed by atoms with Crippen molar-refractivity contribution in [3.05, 3.63) is 41.6 Å². The summed E-state index contributed by atoms with van der Waals surface area (Å²) in [5.74, 6) is 1.10. The molecule has 1 aliphatic rings. The molecule has 0 saturated carbocycles. The van der Waals surface area contributed by atoms with Gasteiger partial charge in [0.2, 0.25) is 0 Å². The Labute approximate surface area is 113 Å². The molecule has 1 unspecified atom stereocenters. The smallest absolute Gasteiger partial charge is 0.148 e. The van der Waals surface area contributed by atoms with Crippen LogP contribution in [0.15, 0.2) is 30.3 Å². The van der Waals surface area contributed by atoms with Crippen LogP contribution in [-0.2, 0) is 13.5 Å². The van der Waals surface area contributed by atoms with Gasteiger partial charge in [0.05, 0.1) is 11.7 Å². The van der Waals surface area contributed by atoms with Crippen molar-refractivity contribution in [2.24, 2.45) is 7.05 Å². The molecular formula is C15H20N4. The molecule has 4 nitrogen and oxygen atoms in total. The fourth-order valence-electron chi connectivity index (χ4n) is 2.65. The number of fused-ring (bicyclic) bond motifs is 1. The highest BCUT2D eigenvalue weighted by Gasteiger charge is 2.24. The van der Waals surface area contributed by atoms with E-state index < -0.39 is 0 Å². The van der Waals surface area contributed by atoms with Gasteiger partial charge in [-0.3, -0.25) is 4.68 Å². The summed E-state index contributed by atoms with van der Waals surface area (Å²) >= 11 is 0. The van der Waals surface area contributed by atoms with Gasteiger partial charge in [-0.05, 0) is 12.0 Å². The van der Waals surface area contributed by atoms with Crippen LogP contribution in [0.5, 0.6) is 0 Å².